The number of pyridine rings is 1. The summed E-state index contributed by atoms with van der Waals surface area (Å²) in [7, 11) is 0. The first-order valence-corrected chi connectivity index (χ1v) is 16.7. The van der Waals surface area contributed by atoms with Crippen molar-refractivity contribution >= 4 is 22.7 Å². The Morgan fingerprint density at radius 2 is 0.940 bits per heavy atom. The topological polar surface area (TPSA) is 65.7 Å². The number of benzene rings is 6. The molecule has 0 unspecified atom stereocenters. The molecule has 236 valence electrons. The molecule has 3 heterocycles. The van der Waals surface area contributed by atoms with Gasteiger partial charge in [0.1, 0.15) is 0 Å². The lowest BCUT2D eigenvalue weighted by Gasteiger charge is -2.29. The fourth-order valence-electron chi connectivity index (χ4n) is 6.57. The van der Waals surface area contributed by atoms with E-state index >= 15 is 0 Å². The van der Waals surface area contributed by atoms with Crippen molar-refractivity contribution in [2.24, 2.45) is 0 Å². The Morgan fingerprint density at radius 1 is 0.420 bits per heavy atom. The van der Waals surface area contributed by atoms with E-state index in [-0.39, 0.29) is 0 Å². The van der Waals surface area contributed by atoms with Crippen LogP contribution in [0.3, 0.4) is 0 Å². The number of para-hydroxylation sites is 2. The van der Waals surface area contributed by atoms with Crippen LogP contribution in [0.2, 0.25) is 0 Å². The highest BCUT2D eigenvalue weighted by atomic mass is 15.0. The van der Waals surface area contributed by atoms with E-state index in [9.17, 15) is 0 Å². The molecule has 0 amide bonds. The van der Waals surface area contributed by atoms with Gasteiger partial charge in [0.2, 0.25) is 0 Å². The highest BCUT2D eigenvalue weighted by molar-refractivity contribution is 5.94. The molecule has 5 nitrogen and oxygen atoms in total. The summed E-state index contributed by atoms with van der Waals surface area (Å²) in [6.07, 6.45) is 6.08. The van der Waals surface area contributed by atoms with Gasteiger partial charge in [-0.15, -0.1) is 18.3 Å². The molecule has 0 bridgehead atoms. The van der Waals surface area contributed by atoms with Crippen molar-refractivity contribution in [1.29, 1.82) is 0 Å². The van der Waals surface area contributed by atoms with E-state index < -0.39 is 0 Å². The van der Waals surface area contributed by atoms with Crippen LogP contribution in [-0.4, -0.2) is 26.5 Å². The van der Waals surface area contributed by atoms with Crippen molar-refractivity contribution in [1.82, 2.24) is 19.9 Å². The van der Waals surface area contributed by atoms with Crippen LogP contribution in [0.5, 0.6) is 0 Å². The summed E-state index contributed by atoms with van der Waals surface area (Å²) in [5.74, 6) is 1.86. The van der Waals surface area contributed by atoms with E-state index in [2.05, 4.69) is 157 Å². The molecule has 0 fully saturated rings. The molecular weight excluding hydrogens is 611 g/mol. The second-order valence-corrected chi connectivity index (χ2v) is 12.3. The first-order chi connectivity index (χ1) is 24.8. The molecule has 0 N–H and O–H groups in total. The molecular formula is C45H30N5-. The number of nitrogens with zero attached hydrogens (tertiary/aromatic N) is 5. The fraction of sp³-hybridized carbons (Fsp3) is 0.0222. The zero-order chi connectivity index (χ0) is 33.3. The highest BCUT2D eigenvalue weighted by Crippen LogP contribution is 2.39. The van der Waals surface area contributed by atoms with E-state index in [4.69, 9.17) is 20.3 Å². The molecule has 1 aliphatic rings. The van der Waals surface area contributed by atoms with Crippen molar-refractivity contribution in [2.75, 3.05) is 6.54 Å². The number of fused-ring (bicyclic) bond motifs is 2. The van der Waals surface area contributed by atoms with Crippen molar-refractivity contribution in [3.05, 3.63) is 175 Å². The first-order valence-electron chi connectivity index (χ1n) is 16.7. The normalized spacial score (nSPS) is 12.0. The van der Waals surface area contributed by atoms with E-state index in [0.717, 1.165) is 66.7 Å². The standard InChI is InChI=1S/C45H30N5/c1-2-8-30(9-3-1)31-16-22-36(23-17-31)43-48-44(37-24-18-32(19-25-37)39-14-4-10-34-12-6-28-46-41(34)39)50-45(49-43)38-26-20-33(21-27-38)40-15-5-11-35-13-7-29-47-42(35)40/h1-28H,29H2/q-1. The Morgan fingerprint density at radius 3 is 1.60 bits per heavy atom. The summed E-state index contributed by atoms with van der Waals surface area (Å²) in [4.78, 5) is 19.7. The molecule has 0 spiro atoms. The zero-order valence-electron chi connectivity index (χ0n) is 27.1. The largest absolute Gasteiger partial charge is 0.680 e. The maximum atomic E-state index is 5.03. The second-order valence-electron chi connectivity index (χ2n) is 12.3. The number of hydrogen-bond donors (Lipinski definition) is 0. The SMILES string of the molecule is C1=Cc2cccc(-c3ccc(-c4nc(-c5ccc(-c6ccccc6)cc5)nc(-c5ccc(-c6cccc7cccnc67)cc5)n4)cc3)c2[N-]C1. The van der Waals surface area contributed by atoms with Gasteiger partial charge in [-0.2, -0.15) is 0 Å². The molecule has 9 rings (SSSR count). The van der Waals surface area contributed by atoms with Gasteiger partial charge >= 0.3 is 0 Å². The number of rotatable bonds is 6. The van der Waals surface area contributed by atoms with Gasteiger partial charge in [0, 0.05) is 33.8 Å². The summed E-state index contributed by atoms with van der Waals surface area (Å²) < 4.78 is 0. The lowest BCUT2D eigenvalue weighted by atomic mass is 9.97. The average molecular weight is 641 g/mol. The van der Waals surface area contributed by atoms with Crippen molar-refractivity contribution in [2.45, 2.75) is 0 Å². The second kappa shape index (κ2) is 12.7. The monoisotopic (exact) mass is 640 g/mol. The quantitative estimate of drug-likeness (QED) is 0.181. The molecule has 0 aliphatic carbocycles. The Balaban J connectivity index is 1.11. The molecule has 2 aromatic heterocycles. The van der Waals surface area contributed by atoms with Gasteiger partial charge < -0.3 is 5.32 Å². The average Bonchev–Trinajstić information content (AvgIpc) is 3.21. The smallest absolute Gasteiger partial charge is 0.164 e. The van der Waals surface area contributed by atoms with Crippen LogP contribution in [0.4, 0.5) is 5.69 Å². The van der Waals surface area contributed by atoms with Crippen LogP contribution in [0.15, 0.2) is 164 Å². The van der Waals surface area contributed by atoms with Crippen LogP contribution >= 0.6 is 0 Å². The lowest BCUT2D eigenvalue weighted by Crippen LogP contribution is -2.00. The third kappa shape index (κ3) is 5.61. The van der Waals surface area contributed by atoms with Crippen LogP contribution in [0.25, 0.3) is 89.8 Å². The van der Waals surface area contributed by atoms with Crippen molar-refractivity contribution in [3.8, 4) is 67.5 Å². The summed E-state index contributed by atoms with van der Waals surface area (Å²) in [5, 5.41) is 5.90. The van der Waals surface area contributed by atoms with E-state index in [1.807, 2.05) is 18.3 Å². The minimum Gasteiger partial charge on any atom is -0.680 e. The summed E-state index contributed by atoms with van der Waals surface area (Å²) >= 11 is 0. The maximum Gasteiger partial charge on any atom is 0.164 e. The highest BCUT2D eigenvalue weighted by Gasteiger charge is 2.14. The Kier molecular flexibility index (Phi) is 7.48. The fourth-order valence-corrected chi connectivity index (χ4v) is 6.57. The van der Waals surface area contributed by atoms with Crippen molar-refractivity contribution < 1.29 is 0 Å². The minimum absolute atomic E-state index is 0.617. The molecule has 6 aromatic carbocycles. The first kappa shape index (κ1) is 29.4. The predicted octanol–water partition coefficient (Wildman–Crippen LogP) is 11.5. The van der Waals surface area contributed by atoms with Gasteiger partial charge in [-0.05, 0) is 39.4 Å². The molecule has 0 atom stereocenters. The molecule has 0 saturated carbocycles. The lowest BCUT2D eigenvalue weighted by molar-refractivity contribution is 1.07. The molecule has 50 heavy (non-hydrogen) atoms. The number of aromatic nitrogens is 4. The van der Waals surface area contributed by atoms with Crippen LogP contribution in [0, 0.1) is 0 Å². The third-order valence-corrected chi connectivity index (χ3v) is 9.15. The van der Waals surface area contributed by atoms with Crippen LogP contribution in [-0.2, 0) is 0 Å². The molecule has 1 aliphatic heterocycles. The zero-order valence-corrected chi connectivity index (χ0v) is 27.1. The Bertz CT molecular complexity index is 2500. The van der Waals surface area contributed by atoms with E-state index in [1.54, 1.807) is 0 Å². The molecule has 5 heteroatoms. The van der Waals surface area contributed by atoms with Gasteiger partial charge in [0.15, 0.2) is 17.5 Å². The summed E-state index contributed by atoms with van der Waals surface area (Å²) in [6, 6.07) is 52.3. The van der Waals surface area contributed by atoms with Crippen molar-refractivity contribution in [3.63, 3.8) is 0 Å². The summed E-state index contributed by atoms with van der Waals surface area (Å²) in [5.41, 5.74) is 12.6. The van der Waals surface area contributed by atoms with E-state index in [1.165, 1.54) is 5.56 Å². The maximum absolute atomic E-state index is 5.03. The van der Waals surface area contributed by atoms with Gasteiger partial charge in [-0.1, -0.05) is 152 Å². The number of hydrogen-bond acceptors (Lipinski definition) is 4. The third-order valence-electron chi connectivity index (χ3n) is 9.15. The predicted molar refractivity (Wildman–Crippen MR) is 205 cm³/mol. The Labute approximate surface area is 290 Å². The summed E-state index contributed by atoms with van der Waals surface area (Å²) in [6.45, 7) is 0.699. The van der Waals surface area contributed by atoms with Gasteiger partial charge in [-0.25, -0.2) is 15.0 Å². The molecule has 0 saturated heterocycles. The van der Waals surface area contributed by atoms with Gasteiger partial charge in [-0.3, -0.25) is 4.98 Å². The van der Waals surface area contributed by atoms with Gasteiger partial charge in [0.25, 0.3) is 0 Å². The minimum atomic E-state index is 0.617. The van der Waals surface area contributed by atoms with Crippen LogP contribution < -0.4 is 0 Å². The molecule has 8 aromatic rings. The Hall–Kier alpha value is -6.72. The molecule has 0 radical (unpaired) electrons. The van der Waals surface area contributed by atoms with E-state index in [0.29, 0.717) is 24.0 Å². The van der Waals surface area contributed by atoms with Gasteiger partial charge in [0.05, 0.1) is 5.52 Å². The van der Waals surface area contributed by atoms with Crippen LogP contribution in [0.1, 0.15) is 5.56 Å².